The lowest BCUT2D eigenvalue weighted by Gasteiger charge is -2.32. The molecule has 14 rings (SSSR count). The molecular formula is C58H35N5O. The molecule has 4 heterocycles. The van der Waals surface area contributed by atoms with E-state index in [2.05, 4.69) is 197 Å². The van der Waals surface area contributed by atoms with E-state index in [1.807, 2.05) is 24.3 Å². The number of rotatable bonds is 5. The molecule has 13 aromatic rings. The maximum atomic E-state index is 6.48. The lowest BCUT2D eigenvalue weighted by molar-refractivity contribution is 0.669. The molecule has 1 aliphatic carbocycles. The van der Waals surface area contributed by atoms with E-state index in [0.29, 0.717) is 17.6 Å². The number of nitrogens with zero attached hydrogens (tertiary/aromatic N) is 5. The summed E-state index contributed by atoms with van der Waals surface area (Å²) < 4.78 is 11.1. The van der Waals surface area contributed by atoms with E-state index in [1.54, 1.807) is 0 Å². The first kappa shape index (κ1) is 35.0. The number of furan rings is 1. The van der Waals surface area contributed by atoms with Crippen LogP contribution >= 0.6 is 0 Å². The fourth-order valence-corrected chi connectivity index (χ4v) is 10.8. The predicted molar refractivity (Wildman–Crippen MR) is 259 cm³/mol. The van der Waals surface area contributed by atoms with Gasteiger partial charge in [-0.05, 0) is 82.4 Å². The molecule has 298 valence electrons. The van der Waals surface area contributed by atoms with Gasteiger partial charge in [0.1, 0.15) is 16.6 Å². The summed E-state index contributed by atoms with van der Waals surface area (Å²) in [6, 6.07) is 75.3. The van der Waals surface area contributed by atoms with E-state index in [-0.39, 0.29) is 0 Å². The fourth-order valence-electron chi connectivity index (χ4n) is 10.8. The third kappa shape index (κ3) is 4.71. The van der Waals surface area contributed by atoms with Crippen LogP contribution in [0, 0.1) is 0 Å². The standard InChI is InChI=1S/C58H35N5O/c1-2-17-37(18-3-1)62-48-28-12-8-23-42(48)45-35-36(33-34-51(45)62)58(46-26-10-4-19-38(46)39-20-5-11-27-47(39)58)56-59-55(44-25-16-32-53-54(44)43-24-9-15-31-52(43)64-53)60-57(61-56)63-49-29-13-6-21-40(49)41-22-7-14-30-50(41)63/h1-35H. The second-order valence-corrected chi connectivity index (χ2v) is 16.7. The second-order valence-electron chi connectivity index (χ2n) is 16.7. The van der Waals surface area contributed by atoms with Gasteiger partial charge in [-0.3, -0.25) is 4.57 Å². The zero-order valence-electron chi connectivity index (χ0n) is 34.4. The van der Waals surface area contributed by atoms with Crippen LogP contribution in [-0.2, 0) is 5.41 Å². The number of hydrogen-bond acceptors (Lipinski definition) is 4. The number of fused-ring (bicyclic) bond motifs is 12. The van der Waals surface area contributed by atoms with Crippen LogP contribution in [0.15, 0.2) is 217 Å². The maximum absolute atomic E-state index is 6.48. The Bertz CT molecular complexity index is 3940. The molecule has 0 atom stereocenters. The Kier molecular flexibility index (Phi) is 7.22. The largest absolute Gasteiger partial charge is 0.456 e. The van der Waals surface area contributed by atoms with Gasteiger partial charge in [0.25, 0.3) is 0 Å². The Morgan fingerprint density at radius 2 is 0.906 bits per heavy atom. The van der Waals surface area contributed by atoms with E-state index >= 15 is 0 Å². The summed E-state index contributed by atoms with van der Waals surface area (Å²) in [5, 5.41) is 6.59. The van der Waals surface area contributed by atoms with E-state index < -0.39 is 5.41 Å². The van der Waals surface area contributed by atoms with Crippen LogP contribution in [0.4, 0.5) is 0 Å². The minimum Gasteiger partial charge on any atom is -0.456 e. The molecule has 4 aromatic heterocycles. The Balaban J connectivity index is 1.15. The molecule has 0 spiro atoms. The van der Waals surface area contributed by atoms with Crippen molar-refractivity contribution in [2.45, 2.75) is 5.41 Å². The average molecular weight is 818 g/mol. The van der Waals surface area contributed by atoms with Crippen molar-refractivity contribution in [1.29, 1.82) is 0 Å². The number of para-hydroxylation sites is 5. The Labute approximate surface area is 367 Å². The molecule has 9 aromatic carbocycles. The third-order valence-electron chi connectivity index (χ3n) is 13.5. The van der Waals surface area contributed by atoms with Crippen LogP contribution in [0.2, 0.25) is 0 Å². The molecule has 64 heavy (non-hydrogen) atoms. The van der Waals surface area contributed by atoms with Gasteiger partial charge in [-0.2, -0.15) is 9.97 Å². The first-order valence-electron chi connectivity index (χ1n) is 21.7. The number of aromatic nitrogens is 5. The van der Waals surface area contributed by atoms with E-state index in [4.69, 9.17) is 19.4 Å². The van der Waals surface area contributed by atoms with Crippen molar-refractivity contribution in [2.24, 2.45) is 0 Å². The molecule has 0 bridgehead atoms. The fraction of sp³-hybridized carbons (Fsp3) is 0.0172. The molecule has 0 amide bonds. The summed E-state index contributed by atoms with van der Waals surface area (Å²) in [6.07, 6.45) is 0. The SMILES string of the molecule is c1ccc(-n2c3ccccc3c3cc(C4(c5nc(-c6cccc7oc8ccccc8c67)nc(-n6c7ccccc7c7ccccc76)n5)c5ccccc5-c5ccccc54)ccc32)cc1. The number of benzene rings is 9. The van der Waals surface area contributed by atoms with Crippen molar-refractivity contribution in [3.05, 3.63) is 235 Å². The molecule has 0 radical (unpaired) electrons. The van der Waals surface area contributed by atoms with Gasteiger partial charge in [0.2, 0.25) is 5.95 Å². The van der Waals surface area contributed by atoms with Crippen LogP contribution in [0.25, 0.3) is 99.7 Å². The van der Waals surface area contributed by atoms with Gasteiger partial charge in [0, 0.05) is 43.6 Å². The van der Waals surface area contributed by atoms with Gasteiger partial charge in [-0.25, -0.2) is 4.98 Å². The van der Waals surface area contributed by atoms with Crippen molar-refractivity contribution in [2.75, 3.05) is 0 Å². The van der Waals surface area contributed by atoms with Crippen molar-refractivity contribution in [1.82, 2.24) is 24.1 Å². The summed E-state index contributed by atoms with van der Waals surface area (Å²) in [5.74, 6) is 1.76. The topological polar surface area (TPSA) is 61.7 Å². The summed E-state index contributed by atoms with van der Waals surface area (Å²) in [6.45, 7) is 0. The smallest absolute Gasteiger partial charge is 0.238 e. The summed E-state index contributed by atoms with van der Waals surface area (Å²) >= 11 is 0. The van der Waals surface area contributed by atoms with Gasteiger partial charge in [0.15, 0.2) is 11.6 Å². The second kappa shape index (κ2) is 13.2. The molecule has 6 nitrogen and oxygen atoms in total. The molecule has 6 heteroatoms. The van der Waals surface area contributed by atoms with Gasteiger partial charge in [-0.1, -0.05) is 158 Å². The van der Waals surface area contributed by atoms with Crippen LogP contribution in [0.3, 0.4) is 0 Å². The van der Waals surface area contributed by atoms with Crippen LogP contribution in [-0.4, -0.2) is 24.1 Å². The Hall–Kier alpha value is -8.61. The van der Waals surface area contributed by atoms with Crippen LogP contribution < -0.4 is 0 Å². The molecule has 0 saturated heterocycles. The third-order valence-corrected chi connectivity index (χ3v) is 13.5. The first-order valence-corrected chi connectivity index (χ1v) is 21.7. The Morgan fingerprint density at radius 1 is 0.375 bits per heavy atom. The monoisotopic (exact) mass is 817 g/mol. The normalized spacial score (nSPS) is 13.1. The van der Waals surface area contributed by atoms with E-state index in [0.717, 1.165) is 99.2 Å². The minimum atomic E-state index is -0.950. The lowest BCUT2D eigenvalue weighted by Crippen LogP contribution is -2.32. The highest BCUT2D eigenvalue weighted by Crippen LogP contribution is 2.56. The molecule has 0 fully saturated rings. The van der Waals surface area contributed by atoms with Crippen LogP contribution in [0.5, 0.6) is 0 Å². The molecule has 0 unspecified atom stereocenters. The van der Waals surface area contributed by atoms with E-state index in [9.17, 15) is 0 Å². The van der Waals surface area contributed by atoms with Gasteiger partial charge < -0.3 is 8.98 Å². The summed E-state index contributed by atoms with van der Waals surface area (Å²) in [4.78, 5) is 17.0. The van der Waals surface area contributed by atoms with Crippen molar-refractivity contribution >= 4 is 65.6 Å². The molecule has 0 aliphatic heterocycles. The number of hydrogen-bond donors (Lipinski definition) is 0. The molecule has 0 N–H and O–H groups in total. The highest BCUT2D eigenvalue weighted by atomic mass is 16.3. The minimum absolute atomic E-state index is 0.546. The molecule has 0 saturated carbocycles. The molecular weight excluding hydrogens is 783 g/mol. The highest BCUT2D eigenvalue weighted by Gasteiger charge is 2.49. The van der Waals surface area contributed by atoms with Gasteiger partial charge in [-0.15, -0.1) is 0 Å². The summed E-state index contributed by atoms with van der Waals surface area (Å²) in [5.41, 5.74) is 12.6. The van der Waals surface area contributed by atoms with Gasteiger partial charge in [0.05, 0.1) is 22.1 Å². The maximum Gasteiger partial charge on any atom is 0.238 e. The quantitative estimate of drug-likeness (QED) is 0.174. The Morgan fingerprint density at radius 3 is 1.61 bits per heavy atom. The van der Waals surface area contributed by atoms with Crippen molar-refractivity contribution in [3.63, 3.8) is 0 Å². The van der Waals surface area contributed by atoms with E-state index in [1.165, 1.54) is 5.39 Å². The zero-order valence-corrected chi connectivity index (χ0v) is 34.4. The average Bonchev–Trinajstić information content (AvgIpc) is 4.10. The summed E-state index contributed by atoms with van der Waals surface area (Å²) in [7, 11) is 0. The zero-order chi connectivity index (χ0) is 41.9. The predicted octanol–water partition coefficient (Wildman–Crippen LogP) is 14.0. The highest BCUT2D eigenvalue weighted by molar-refractivity contribution is 6.13. The van der Waals surface area contributed by atoms with Crippen molar-refractivity contribution in [3.8, 4) is 34.2 Å². The first-order chi connectivity index (χ1) is 31.8. The van der Waals surface area contributed by atoms with Crippen LogP contribution in [0.1, 0.15) is 22.5 Å². The van der Waals surface area contributed by atoms with Gasteiger partial charge >= 0.3 is 0 Å². The van der Waals surface area contributed by atoms with Crippen molar-refractivity contribution < 1.29 is 4.42 Å². The molecule has 1 aliphatic rings. The lowest BCUT2D eigenvalue weighted by atomic mass is 9.71.